The van der Waals surface area contributed by atoms with Gasteiger partial charge in [0.2, 0.25) is 0 Å². The van der Waals surface area contributed by atoms with Gasteiger partial charge in [-0.25, -0.2) is 4.57 Å². The third-order valence-electron chi connectivity index (χ3n) is 17.2. The molecule has 0 saturated heterocycles. The lowest BCUT2D eigenvalue weighted by molar-refractivity contribution is -0.870. The number of carbonyl (C=O) groups excluding carboxylic acids is 2. The number of allylic oxidation sites excluding steroid dienone is 28. The van der Waals surface area contributed by atoms with Gasteiger partial charge in [-0.2, -0.15) is 0 Å². The molecule has 0 aromatic rings. The van der Waals surface area contributed by atoms with Crippen molar-refractivity contribution in [1.82, 2.24) is 0 Å². The van der Waals surface area contributed by atoms with Crippen LogP contribution in [0.1, 0.15) is 335 Å². The lowest BCUT2D eigenvalue weighted by atomic mass is 10.0. The van der Waals surface area contributed by atoms with Gasteiger partial charge in [-0.3, -0.25) is 18.6 Å². The summed E-state index contributed by atoms with van der Waals surface area (Å²) in [6.07, 6.45) is 119. The van der Waals surface area contributed by atoms with Crippen molar-refractivity contribution in [1.29, 1.82) is 0 Å². The van der Waals surface area contributed by atoms with Gasteiger partial charge < -0.3 is 18.9 Å². The second kappa shape index (κ2) is 78.5. The van der Waals surface area contributed by atoms with Crippen molar-refractivity contribution in [3.05, 3.63) is 170 Å². The second-order valence-electron chi connectivity index (χ2n) is 28.0. The van der Waals surface area contributed by atoms with E-state index in [-0.39, 0.29) is 32.0 Å². The molecule has 0 saturated carbocycles. The third-order valence-corrected chi connectivity index (χ3v) is 18.2. The number of phosphoric acid groups is 1. The number of likely N-dealkylation sites (N-methyl/N-ethyl adjacent to an activating group) is 1. The minimum atomic E-state index is -4.40. The molecule has 0 aromatic heterocycles. The predicted octanol–water partition coefficient (Wildman–Crippen LogP) is 27.6. The zero-order valence-electron chi connectivity index (χ0n) is 65.1. The molecule has 0 spiro atoms. The topological polar surface area (TPSA) is 108 Å². The lowest BCUT2D eigenvalue weighted by Gasteiger charge is -2.24. The lowest BCUT2D eigenvalue weighted by Crippen LogP contribution is -2.37. The highest BCUT2D eigenvalue weighted by atomic mass is 31.2. The Morgan fingerprint density at radius 1 is 0.310 bits per heavy atom. The van der Waals surface area contributed by atoms with Crippen LogP contribution in [0.15, 0.2) is 170 Å². The average Bonchev–Trinajstić information content (AvgIpc) is 1.30. The van der Waals surface area contributed by atoms with Crippen molar-refractivity contribution in [3.63, 3.8) is 0 Å². The molecule has 10 heteroatoms. The fraction of sp³-hybridized carbons (Fsp3) is 0.667. The monoisotopic (exact) mass is 1410 g/mol. The number of phosphoric ester groups is 1. The highest BCUT2D eigenvalue weighted by Gasteiger charge is 2.27. The molecule has 0 amide bonds. The van der Waals surface area contributed by atoms with Crippen molar-refractivity contribution >= 4 is 19.8 Å². The minimum Gasteiger partial charge on any atom is -0.462 e. The number of carbonyl (C=O) groups is 2. The van der Waals surface area contributed by atoms with Crippen LogP contribution in [0.4, 0.5) is 0 Å². The Morgan fingerprint density at radius 2 is 0.540 bits per heavy atom. The van der Waals surface area contributed by atoms with Gasteiger partial charge in [-0.05, 0) is 128 Å². The summed E-state index contributed by atoms with van der Waals surface area (Å²) in [6.45, 7) is 4.23. The summed E-state index contributed by atoms with van der Waals surface area (Å²) in [6, 6.07) is 0. The standard InChI is InChI=1S/C90H152NO8P/c1-6-8-10-12-14-16-18-20-22-24-26-28-30-32-34-36-38-40-42-43-44-45-46-47-49-51-53-55-57-59-61-63-65-67-69-71-73-75-77-79-81-83-90(93)99-88(87-98-100(94,95)97-85-84-91(3,4)5)86-96-89(92)82-80-78-76-74-72-70-68-66-64-62-60-58-56-54-52-50-48-41-39-37-35-33-31-29-27-25-23-21-19-17-15-13-11-9-7-2/h8-11,14-17,20-23,26-29,32-35,38-41,43-44,46-47,88H,6-7,12-13,18-19,24-25,30-31,36-37,42,45,48-87H2,1-5H3/p+1/b10-8-,11-9-,16-14-,17-15-,22-20-,23-21-,28-26-,29-27-,34-32-,35-33-,40-38-,41-39-,44-43-,47-46-. The van der Waals surface area contributed by atoms with Crippen molar-refractivity contribution in [2.24, 2.45) is 0 Å². The number of nitrogens with zero attached hydrogens (tertiary/aromatic N) is 1. The molecule has 0 rings (SSSR count). The van der Waals surface area contributed by atoms with Gasteiger partial charge in [0.15, 0.2) is 6.10 Å². The molecule has 0 aromatic carbocycles. The zero-order chi connectivity index (χ0) is 72.5. The number of quaternary nitrogens is 1. The van der Waals surface area contributed by atoms with E-state index in [1.807, 2.05) is 21.1 Å². The molecule has 2 unspecified atom stereocenters. The maximum Gasteiger partial charge on any atom is 0.472 e. The summed E-state index contributed by atoms with van der Waals surface area (Å²) in [5.41, 5.74) is 0. The first-order valence-electron chi connectivity index (χ1n) is 40.9. The summed E-state index contributed by atoms with van der Waals surface area (Å²) in [7, 11) is 1.47. The van der Waals surface area contributed by atoms with Crippen LogP contribution in [0.5, 0.6) is 0 Å². The minimum absolute atomic E-state index is 0.0269. The van der Waals surface area contributed by atoms with Gasteiger partial charge in [-0.15, -0.1) is 0 Å². The fourth-order valence-corrected chi connectivity index (χ4v) is 11.8. The molecule has 0 aliphatic rings. The zero-order valence-corrected chi connectivity index (χ0v) is 66.0. The highest BCUT2D eigenvalue weighted by Crippen LogP contribution is 2.43. The van der Waals surface area contributed by atoms with E-state index < -0.39 is 26.5 Å². The van der Waals surface area contributed by atoms with Crippen LogP contribution in [0.25, 0.3) is 0 Å². The summed E-state index contributed by atoms with van der Waals surface area (Å²) in [4.78, 5) is 36.0. The Morgan fingerprint density at radius 3 is 0.800 bits per heavy atom. The van der Waals surface area contributed by atoms with E-state index in [2.05, 4.69) is 184 Å². The van der Waals surface area contributed by atoms with E-state index in [0.29, 0.717) is 17.4 Å². The molecule has 2 atom stereocenters. The van der Waals surface area contributed by atoms with E-state index in [4.69, 9.17) is 18.5 Å². The maximum absolute atomic E-state index is 12.9. The first kappa shape index (κ1) is 95.4. The number of hydrogen-bond donors (Lipinski definition) is 1. The number of unbranched alkanes of at least 4 members (excludes halogenated alkanes) is 32. The number of ether oxygens (including phenoxy) is 2. The molecular formula is C90H153NO8P+. The predicted molar refractivity (Wildman–Crippen MR) is 436 cm³/mol. The molecule has 1 N–H and O–H groups in total. The van der Waals surface area contributed by atoms with E-state index in [1.54, 1.807) is 0 Å². The molecule has 0 aliphatic carbocycles. The van der Waals surface area contributed by atoms with Gasteiger partial charge >= 0.3 is 19.8 Å². The summed E-state index contributed by atoms with van der Waals surface area (Å²) >= 11 is 0. The third kappa shape index (κ3) is 82.3. The van der Waals surface area contributed by atoms with E-state index >= 15 is 0 Å². The molecular weight excluding hydrogens is 1250 g/mol. The van der Waals surface area contributed by atoms with Crippen LogP contribution >= 0.6 is 7.82 Å². The normalized spacial score (nSPS) is 13.9. The Kier molecular flexibility index (Phi) is 74.9. The molecule has 0 heterocycles. The highest BCUT2D eigenvalue weighted by molar-refractivity contribution is 7.47. The Balaban J connectivity index is 3.99. The Labute approximate surface area is 617 Å². The van der Waals surface area contributed by atoms with Gasteiger partial charge in [0, 0.05) is 12.8 Å². The largest absolute Gasteiger partial charge is 0.472 e. The maximum atomic E-state index is 12.9. The average molecular weight is 1410 g/mol. The number of rotatable bonds is 74. The van der Waals surface area contributed by atoms with Crippen molar-refractivity contribution < 1.29 is 42.1 Å². The SMILES string of the molecule is CC/C=C\C/C=C\C/C=C\C/C=C\C/C=C\C/C=C\C/C=C\C/C=C\CCCCCCCCCCCCCCCCCCC(=O)OC(COC(=O)CCCCCCCCCCCCCCCCCC/C=C\C/C=C\C/C=C\C/C=C\C/C=C\C/C=C\CC)COP(=O)(O)OCC[N+](C)(C)C. The Bertz CT molecular complexity index is 2300. The van der Waals surface area contributed by atoms with Crippen LogP contribution < -0.4 is 0 Å². The molecule has 0 bridgehead atoms. The Hall–Kier alpha value is -4.63. The van der Waals surface area contributed by atoms with Crippen LogP contribution in [0, 0.1) is 0 Å². The smallest absolute Gasteiger partial charge is 0.462 e. The van der Waals surface area contributed by atoms with Gasteiger partial charge in [0.25, 0.3) is 0 Å². The first-order chi connectivity index (χ1) is 49.0. The van der Waals surface area contributed by atoms with Crippen LogP contribution in [-0.4, -0.2) is 74.9 Å². The van der Waals surface area contributed by atoms with Crippen molar-refractivity contribution in [3.8, 4) is 0 Å². The second-order valence-corrected chi connectivity index (χ2v) is 29.5. The van der Waals surface area contributed by atoms with E-state index in [9.17, 15) is 19.0 Å². The summed E-state index contributed by atoms with van der Waals surface area (Å²) in [5, 5.41) is 0. The summed E-state index contributed by atoms with van der Waals surface area (Å²) < 4.78 is 34.8. The molecule has 0 fully saturated rings. The number of esters is 2. The van der Waals surface area contributed by atoms with Crippen LogP contribution in [0.2, 0.25) is 0 Å². The van der Waals surface area contributed by atoms with Gasteiger partial charge in [-0.1, -0.05) is 364 Å². The molecule has 100 heavy (non-hydrogen) atoms. The van der Waals surface area contributed by atoms with E-state index in [0.717, 1.165) is 128 Å². The molecule has 0 radical (unpaired) electrons. The van der Waals surface area contributed by atoms with Crippen molar-refractivity contribution in [2.75, 3.05) is 47.5 Å². The quantitative estimate of drug-likeness (QED) is 0.0211. The first-order valence-corrected chi connectivity index (χ1v) is 42.4. The van der Waals surface area contributed by atoms with Gasteiger partial charge in [0.05, 0.1) is 27.7 Å². The fourth-order valence-electron chi connectivity index (χ4n) is 11.1. The van der Waals surface area contributed by atoms with Crippen LogP contribution in [0.3, 0.4) is 0 Å². The van der Waals surface area contributed by atoms with Crippen LogP contribution in [-0.2, 0) is 32.7 Å². The number of hydrogen-bond acceptors (Lipinski definition) is 7. The molecule has 9 nitrogen and oxygen atoms in total. The summed E-state index contributed by atoms with van der Waals surface area (Å²) in [5.74, 6) is -0.793. The molecule has 0 aliphatic heterocycles. The molecule has 570 valence electrons. The van der Waals surface area contributed by atoms with E-state index in [1.165, 1.54) is 173 Å². The van der Waals surface area contributed by atoms with Crippen molar-refractivity contribution in [2.45, 2.75) is 341 Å². The van der Waals surface area contributed by atoms with Gasteiger partial charge in [0.1, 0.15) is 19.8 Å².